The summed E-state index contributed by atoms with van der Waals surface area (Å²) in [5.74, 6) is 1.05. The molecule has 2 rings (SSSR count). The van der Waals surface area contributed by atoms with Crippen molar-refractivity contribution in [3.8, 4) is 11.6 Å². The van der Waals surface area contributed by atoms with Crippen molar-refractivity contribution in [1.29, 1.82) is 0 Å². The molecule has 20 heavy (non-hydrogen) atoms. The van der Waals surface area contributed by atoms with Crippen molar-refractivity contribution in [1.82, 2.24) is 9.97 Å². The third-order valence-electron chi connectivity index (χ3n) is 2.29. The van der Waals surface area contributed by atoms with Gasteiger partial charge in [-0.1, -0.05) is 6.07 Å². The van der Waals surface area contributed by atoms with Crippen LogP contribution in [0.15, 0.2) is 34.9 Å². The second-order valence-electron chi connectivity index (χ2n) is 3.73. The molecule has 0 saturated carbocycles. The first-order chi connectivity index (χ1) is 9.60. The molecule has 0 bridgehead atoms. The number of hydrogen-bond donors (Lipinski definition) is 1. The van der Waals surface area contributed by atoms with Crippen molar-refractivity contribution in [2.75, 3.05) is 11.9 Å². The zero-order valence-electron chi connectivity index (χ0n) is 10.5. The normalized spacial score (nSPS) is 10.1. The van der Waals surface area contributed by atoms with Crippen molar-refractivity contribution < 1.29 is 9.66 Å². The van der Waals surface area contributed by atoms with Crippen molar-refractivity contribution >= 4 is 27.6 Å². The largest absolute Gasteiger partial charge is 0.437 e. The highest BCUT2D eigenvalue weighted by Crippen LogP contribution is 2.29. The summed E-state index contributed by atoms with van der Waals surface area (Å²) in [5, 5.41) is 13.7. The molecule has 7 nitrogen and oxygen atoms in total. The van der Waals surface area contributed by atoms with Crippen molar-refractivity contribution in [3.05, 3.63) is 45.0 Å². The fourth-order valence-electron chi connectivity index (χ4n) is 1.44. The summed E-state index contributed by atoms with van der Waals surface area (Å²) in [7, 11) is 0. The van der Waals surface area contributed by atoms with E-state index >= 15 is 0 Å². The zero-order chi connectivity index (χ0) is 14.5. The topological polar surface area (TPSA) is 90.2 Å². The predicted molar refractivity (Wildman–Crippen MR) is 77.1 cm³/mol. The van der Waals surface area contributed by atoms with Crippen LogP contribution in [0.1, 0.15) is 6.92 Å². The molecule has 1 aromatic heterocycles. The van der Waals surface area contributed by atoms with Gasteiger partial charge in [0.15, 0.2) is 0 Å². The Labute approximate surface area is 123 Å². The molecule has 8 heteroatoms. The van der Waals surface area contributed by atoms with Crippen LogP contribution in [0, 0.1) is 10.1 Å². The van der Waals surface area contributed by atoms with E-state index in [-0.39, 0.29) is 11.6 Å². The van der Waals surface area contributed by atoms with Gasteiger partial charge in [0.05, 0.1) is 21.7 Å². The van der Waals surface area contributed by atoms with E-state index in [2.05, 4.69) is 31.2 Å². The lowest BCUT2D eigenvalue weighted by molar-refractivity contribution is -0.384. The van der Waals surface area contributed by atoms with Crippen LogP contribution >= 0.6 is 15.9 Å². The molecular weight excluding hydrogens is 328 g/mol. The Morgan fingerprint density at radius 2 is 2.30 bits per heavy atom. The number of aromatic nitrogens is 2. The quantitative estimate of drug-likeness (QED) is 0.663. The Balaban J connectivity index is 2.27. The van der Waals surface area contributed by atoms with Crippen molar-refractivity contribution in [2.45, 2.75) is 6.92 Å². The van der Waals surface area contributed by atoms with Gasteiger partial charge < -0.3 is 10.1 Å². The van der Waals surface area contributed by atoms with Crippen LogP contribution < -0.4 is 10.1 Å². The fraction of sp³-hybridized carbons (Fsp3) is 0.167. The van der Waals surface area contributed by atoms with Gasteiger partial charge in [0, 0.05) is 12.6 Å². The van der Waals surface area contributed by atoms with Gasteiger partial charge >= 0.3 is 0 Å². The molecule has 0 aliphatic heterocycles. The monoisotopic (exact) mass is 338 g/mol. The molecule has 1 N–H and O–H groups in total. The number of ether oxygens (including phenoxy) is 1. The smallest absolute Gasteiger partial charge is 0.273 e. The summed E-state index contributed by atoms with van der Waals surface area (Å²) in [6.07, 6.45) is 1.55. The van der Waals surface area contributed by atoms with Gasteiger partial charge in [0.1, 0.15) is 5.75 Å². The van der Waals surface area contributed by atoms with E-state index in [0.29, 0.717) is 22.7 Å². The first kappa shape index (κ1) is 14.2. The Bertz CT molecular complexity index is 636. The first-order valence-electron chi connectivity index (χ1n) is 5.79. The number of nitrogens with zero attached hydrogens (tertiary/aromatic N) is 3. The molecular formula is C12H11BrN4O3. The standard InChI is InChI=1S/C12H11BrN4O3/c1-2-14-12-15-7-10(13)11(16-12)20-9-5-3-4-8(6-9)17(18)19/h3-7H,2H2,1H3,(H,14,15,16). The minimum atomic E-state index is -0.480. The van der Waals surface area contributed by atoms with E-state index < -0.39 is 4.92 Å². The molecule has 0 spiro atoms. The summed E-state index contributed by atoms with van der Waals surface area (Å²) in [4.78, 5) is 18.5. The molecule has 104 valence electrons. The van der Waals surface area contributed by atoms with Gasteiger partial charge in [-0.05, 0) is 28.9 Å². The summed E-state index contributed by atoms with van der Waals surface area (Å²) in [5.41, 5.74) is -0.0421. The Morgan fingerprint density at radius 3 is 3.00 bits per heavy atom. The van der Waals surface area contributed by atoms with Crippen LogP contribution in [0.5, 0.6) is 11.6 Å². The van der Waals surface area contributed by atoms with Crippen LogP contribution in [0.2, 0.25) is 0 Å². The molecule has 2 aromatic rings. The number of nitro benzene ring substituents is 1. The number of non-ortho nitro benzene ring substituents is 1. The predicted octanol–water partition coefficient (Wildman–Crippen LogP) is 3.37. The maximum Gasteiger partial charge on any atom is 0.273 e. The summed E-state index contributed by atoms with van der Waals surface area (Å²) in [6.45, 7) is 2.60. The van der Waals surface area contributed by atoms with Crippen molar-refractivity contribution in [2.24, 2.45) is 0 Å². The summed E-state index contributed by atoms with van der Waals surface area (Å²) >= 11 is 3.27. The van der Waals surface area contributed by atoms with Crippen molar-refractivity contribution in [3.63, 3.8) is 0 Å². The maximum absolute atomic E-state index is 10.7. The molecule has 0 aliphatic rings. The average Bonchev–Trinajstić information content (AvgIpc) is 2.43. The lowest BCUT2D eigenvalue weighted by atomic mass is 10.3. The third kappa shape index (κ3) is 3.41. The molecule has 0 unspecified atom stereocenters. The van der Waals surface area contributed by atoms with E-state index in [1.54, 1.807) is 18.3 Å². The number of halogens is 1. The highest BCUT2D eigenvalue weighted by molar-refractivity contribution is 9.10. The highest BCUT2D eigenvalue weighted by Gasteiger charge is 2.10. The Hall–Kier alpha value is -2.22. The van der Waals surface area contributed by atoms with Crippen LogP contribution in [0.25, 0.3) is 0 Å². The minimum Gasteiger partial charge on any atom is -0.437 e. The van der Waals surface area contributed by atoms with Gasteiger partial charge in [-0.15, -0.1) is 0 Å². The highest BCUT2D eigenvalue weighted by atomic mass is 79.9. The molecule has 0 amide bonds. The van der Waals surface area contributed by atoms with Gasteiger partial charge in [-0.2, -0.15) is 4.98 Å². The van der Waals surface area contributed by atoms with Crippen LogP contribution in [0.4, 0.5) is 11.6 Å². The average molecular weight is 339 g/mol. The number of hydrogen-bond acceptors (Lipinski definition) is 6. The number of nitro groups is 1. The molecule has 1 aromatic carbocycles. The summed E-state index contributed by atoms with van der Waals surface area (Å²) in [6, 6.07) is 5.90. The van der Waals surface area contributed by atoms with Gasteiger partial charge in [0.25, 0.3) is 5.69 Å². The minimum absolute atomic E-state index is 0.0421. The zero-order valence-corrected chi connectivity index (χ0v) is 12.1. The van der Waals surface area contributed by atoms with Crippen LogP contribution in [-0.4, -0.2) is 21.4 Å². The maximum atomic E-state index is 10.7. The van der Waals surface area contributed by atoms with Gasteiger partial charge in [-0.3, -0.25) is 10.1 Å². The number of rotatable bonds is 5. The van der Waals surface area contributed by atoms with Gasteiger partial charge in [0.2, 0.25) is 11.8 Å². The second kappa shape index (κ2) is 6.29. The van der Waals surface area contributed by atoms with E-state index in [0.717, 1.165) is 0 Å². The number of anilines is 1. The van der Waals surface area contributed by atoms with Crippen LogP contribution in [-0.2, 0) is 0 Å². The summed E-state index contributed by atoms with van der Waals surface area (Å²) < 4.78 is 6.11. The molecule has 1 heterocycles. The van der Waals surface area contributed by atoms with E-state index in [1.807, 2.05) is 6.92 Å². The molecule has 0 aliphatic carbocycles. The van der Waals surface area contributed by atoms with Gasteiger partial charge in [-0.25, -0.2) is 4.98 Å². The van der Waals surface area contributed by atoms with E-state index in [9.17, 15) is 10.1 Å². The van der Waals surface area contributed by atoms with E-state index in [1.165, 1.54) is 12.1 Å². The number of nitrogens with one attached hydrogen (secondary N) is 1. The first-order valence-corrected chi connectivity index (χ1v) is 6.58. The SMILES string of the molecule is CCNc1ncc(Br)c(Oc2cccc([N+](=O)[O-])c2)n1. The van der Waals surface area contributed by atoms with Crippen LogP contribution in [0.3, 0.4) is 0 Å². The lowest BCUT2D eigenvalue weighted by Crippen LogP contribution is -2.03. The van der Waals surface area contributed by atoms with E-state index in [4.69, 9.17) is 4.74 Å². The lowest BCUT2D eigenvalue weighted by Gasteiger charge is -2.08. The second-order valence-corrected chi connectivity index (χ2v) is 4.59. The molecule has 0 radical (unpaired) electrons. The number of benzene rings is 1. The Morgan fingerprint density at radius 1 is 1.50 bits per heavy atom. The third-order valence-corrected chi connectivity index (χ3v) is 2.83. The molecule has 0 saturated heterocycles. The molecule has 0 atom stereocenters. The Kier molecular flexibility index (Phi) is 4.46. The molecule has 0 fully saturated rings. The fourth-order valence-corrected chi connectivity index (χ4v) is 1.71.